The van der Waals surface area contributed by atoms with Gasteiger partial charge in [-0.25, -0.2) is 13.8 Å². The van der Waals surface area contributed by atoms with Crippen LogP contribution < -0.4 is 5.73 Å². The summed E-state index contributed by atoms with van der Waals surface area (Å²) in [5.74, 6) is -0.885. The van der Waals surface area contributed by atoms with E-state index >= 15 is 0 Å². The number of nitrogens with one attached hydrogen (secondary N) is 1. The minimum Gasteiger partial charge on any atom is -0.342 e. The third kappa shape index (κ3) is 1.90. The number of nitrogens with two attached hydrogens (primary N) is 1. The van der Waals surface area contributed by atoms with Crippen LogP contribution in [0.5, 0.6) is 0 Å². The summed E-state index contributed by atoms with van der Waals surface area (Å²) in [6.45, 7) is 2.51. The third-order valence-electron chi connectivity index (χ3n) is 2.54. The molecule has 1 unspecified atom stereocenters. The smallest absolute Gasteiger partial charge is 0.186 e. The second kappa shape index (κ2) is 4.17. The molecular weight excluding hydrogens is 212 g/mol. The van der Waals surface area contributed by atoms with E-state index in [1.165, 1.54) is 6.07 Å². The molecule has 0 saturated carbocycles. The molecule has 2 aromatic rings. The summed E-state index contributed by atoms with van der Waals surface area (Å²) in [5, 5.41) is 0. The highest BCUT2D eigenvalue weighted by molar-refractivity contribution is 5.75. The Labute approximate surface area is 91.7 Å². The highest BCUT2D eigenvalue weighted by Crippen LogP contribution is 2.19. The van der Waals surface area contributed by atoms with Crippen LogP contribution in [0.3, 0.4) is 0 Å². The first-order valence-corrected chi connectivity index (χ1v) is 5.14. The molecule has 0 aliphatic carbocycles. The van der Waals surface area contributed by atoms with Crippen molar-refractivity contribution in [3.63, 3.8) is 0 Å². The van der Waals surface area contributed by atoms with Crippen molar-refractivity contribution in [2.75, 3.05) is 6.54 Å². The molecule has 1 atom stereocenters. The molecule has 2 rings (SSSR count). The summed E-state index contributed by atoms with van der Waals surface area (Å²) >= 11 is 0. The summed E-state index contributed by atoms with van der Waals surface area (Å²) in [5.41, 5.74) is 6.06. The molecule has 0 spiro atoms. The molecule has 86 valence electrons. The molecule has 3 nitrogen and oxygen atoms in total. The van der Waals surface area contributed by atoms with E-state index < -0.39 is 11.6 Å². The van der Waals surface area contributed by atoms with Gasteiger partial charge in [-0.15, -0.1) is 0 Å². The van der Waals surface area contributed by atoms with Crippen molar-refractivity contribution in [1.29, 1.82) is 0 Å². The van der Waals surface area contributed by atoms with Gasteiger partial charge >= 0.3 is 0 Å². The highest BCUT2D eigenvalue weighted by Gasteiger charge is 2.12. The van der Waals surface area contributed by atoms with Crippen LogP contribution in [0, 0.1) is 17.6 Å². The third-order valence-corrected chi connectivity index (χ3v) is 2.54. The zero-order chi connectivity index (χ0) is 11.7. The van der Waals surface area contributed by atoms with E-state index in [0.29, 0.717) is 24.3 Å². The second-order valence-electron chi connectivity index (χ2n) is 3.99. The van der Waals surface area contributed by atoms with Crippen LogP contribution in [0.15, 0.2) is 12.1 Å². The van der Waals surface area contributed by atoms with E-state index in [1.807, 2.05) is 6.92 Å². The van der Waals surface area contributed by atoms with Crippen LogP contribution in [-0.2, 0) is 6.42 Å². The molecule has 0 aliphatic heterocycles. The van der Waals surface area contributed by atoms with Gasteiger partial charge in [0.2, 0.25) is 0 Å². The number of imidazole rings is 1. The van der Waals surface area contributed by atoms with Crippen LogP contribution in [0.4, 0.5) is 8.78 Å². The molecule has 1 aromatic heterocycles. The van der Waals surface area contributed by atoms with Crippen LogP contribution in [-0.4, -0.2) is 16.5 Å². The SMILES string of the molecule is CC(CN)Cc1nc2c(F)c(F)ccc2[nH]1. The maximum absolute atomic E-state index is 13.3. The van der Waals surface area contributed by atoms with Gasteiger partial charge in [0.15, 0.2) is 11.6 Å². The van der Waals surface area contributed by atoms with Crippen molar-refractivity contribution in [3.8, 4) is 0 Å². The lowest BCUT2D eigenvalue weighted by atomic mass is 10.1. The van der Waals surface area contributed by atoms with Crippen LogP contribution in [0.2, 0.25) is 0 Å². The Hall–Kier alpha value is -1.49. The molecule has 0 fully saturated rings. The molecule has 5 heteroatoms. The van der Waals surface area contributed by atoms with Crippen LogP contribution in [0.1, 0.15) is 12.7 Å². The molecule has 0 bridgehead atoms. The van der Waals surface area contributed by atoms with Gasteiger partial charge in [0.25, 0.3) is 0 Å². The average molecular weight is 225 g/mol. The number of rotatable bonds is 3. The Morgan fingerprint density at radius 3 is 2.88 bits per heavy atom. The van der Waals surface area contributed by atoms with Gasteiger partial charge in [-0.05, 0) is 24.6 Å². The Morgan fingerprint density at radius 1 is 1.44 bits per heavy atom. The number of H-pyrrole nitrogens is 1. The summed E-state index contributed by atoms with van der Waals surface area (Å²) in [6, 6.07) is 2.57. The Morgan fingerprint density at radius 2 is 2.19 bits per heavy atom. The lowest BCUT2D eigenvalue weighted by Crippen LogP contribution is -2.13. The maximum atomic E-state index is 13.3. The zero-order valence-corrected chi connectivity index (χ0v) is 8.93. The van der Waals surface area contributed by atoms with Crippen LogP contribution >= 0.6 is 0 Å². The van der Waals surface area contributed by atoms with E-state index in [4.69, 9.17) is 5.73 Å². The topological polar surface area (TPSA) is 54.7 Å². The number of nitrogens with zero attached hydrogens (tertiary/aromatic N) is 1. The van der Waals surface area contributed by atoms with Gasteiger partial charge in [-0.1, -0.05) is 6.92 Å². The van der Waals surface area contributed by atoms with Crippen molar-refractivity contribution in [2.24, 2.45) is 11.7 Å². The predicted molar refractivity (Wildman–Crippen MR) is 57.9 cm³/mol. The van der Waals surface area contributed by atoms with Gasteiger partial charge in [0.1, 0.15) is 11.3 Å². The van der Waals surface area contributed by atoms with Crippen molar-refractivity contribution >= 4 is 11.0 Å². The Balaban J connectivity index is 2.40. The van der Waals surface area contributed by atoms with E-state index in [9.17, 15) is 8.78 Å². The highest BCUT2D eigenvalue weighted by atomic mass is 19.2. The number of fused-ring (bicyclic) bond motifs is 1. The molecule has 1 heterocycles. The number of hydrogen-bond donors (Lipinski definition) is 2. The fraction of sp³-hybridized carbons (Fsp3) is 0.364. The molecule has 3 N–H and O–H groups in total. The van der Waals surface area contributed by atoms with Crippen molar-refractivity contribution in [1.82, 2.24) is 9.97 Å². The first-order chi connectivity index (χ1) is 7.61. The fourth-order valence-corrected chi connectivity index (χ4v) is 1.58. The Kier molecular flexibility index (Phi) is 2.87. The molecule has 0 saturated heterocycles. The van der Waals surface area contributed by atoms with Gasteiger partial charge in [0, 0.05) is 6.42 Å². The van der Waals surface area contributed by atoms with Gasteiger partial charge < -0.3 is 10.7 Å². The van der Waals surface area contributed by atoms with E-state index in [-0.39, 0.29) is 11.4 Å². The molecule has 0 radical (unpaired) electrons. The molecule has 0 amide bonds. The second-order valence-corrected chi connectivity index (χ2v) is 3.99. The minimum atomic E-state index is -0.902. The summed E-state index contributed by atoms with van der Waals surface area (Å²) < 4.78 is 26.3. The Bertz CT molecular complexity index is 507. The van der Waals surface area contributed by atoms with Gasteiger partial charge in [-0.3, -0.25) is 0 Å². The first kappa shape index (κ1) is 11.0. The molecular formula is C11H13F2N3. The monoisotopic (exact) mass is 225 g/mol. The van der Waals surface area contributed by atoms with Gasteiger partial charge in [-0.2, -0.15) is 0 Å². The first-order valence-electron chi connectivity index (χ1n) is 5.14. The quantitative estimate of drug-likeness (QED) is 0.839. The van der Waals surface area contributed by atoms with Crippen molar-refractivity contribution in [2.45, 2.75) is 13.3 Å². The van der Waals surface area contributed by atoms with Crippen molar-refractivity contribution < 1.29 is 8.78 Å². The van der Waals surface area contributed by atoms with E-state index in [0.717, 1.165) is 6.07 Å². The predicted octanol–water partition coefficient (Wildman–Crippen LogP) is 1.98. The number of benzene rings is 1. The van der Waals surface area contributed by atoms with E-state index in [1.54, 1.807) is 0 Å². The molecule has 0 aliphatic rings. The minimum absolute atomic E-state index is 0.0548. The summed E-state index contributed by atoms with van der Waals surface area (Å²) in [6.07, 6.45) is 0.631. The number of aromatic amines is 1. The maximum Gasteiger partial charge on any atom is 0.186 e. The normalized spacial score (nSPS) is 13.2. The lowest BCUT2D eigenvalue weighted by molar-refractivity contribution is 0.515. The lowest BCUT2D eigenvalue weighted by Gasteiger charge is -2.03. The number of aromatic nitrogens is 2. The van der Waals surface area contributed by atoms with Crippen molar-refractivity contribution in [3.05, 3.63) is 29.6 Å². The largest absolute Gasteiger partial charge is 0.342 e. The fourth-order valence-electron chi connectivity index (χ4n) is 1.58. The van der Waals surface area contributed by atoms with Crippen LogP contribution in [0.25, 0.3) is 11.0 Å². The average Bonchev–Trinajstić information content (AvgIpc) is 2.67. The van der Waals surface area contributed by atoms with E-state index in [2.05, 4.69) is 9.97 Å². The van der Waals surface area contributed by atoms with Gasteiger partial charge in [0.05, 0.1) is 5.52 Å². The summed E-state index contributed by atoms with van der Waals surface area (Å²) in [7, 11) is 0. The number of halogens is 2. The molecule has 16 heavy (non-hydrogen) atoms. The number of hydrogen-bond acceptors (Lipinski definition) is 2. The standard InChI is InChI=1S/C11H13F2N3/c1-6(5-14)4-9-15-8-3-2-7(12)10(13)11(8)16-9/h2-3,6H,4-5,14H2,1H3,(H,15,16). The zero-order valence-electron chi connectivity index (χ0n) is 8.93. The summed E-state index contributed by atoms with van der Waals surface area (Å²) in [4.78, 5) is 6.99. The molecule has 1 aromatic carbocycles.